The Balaban J connectivity index is 1.98. The SMILES string of the molecule is CCOC(=O)CCN(Cc1ccc(OC)cc1)C(=O)CC1CCCCC1. The molecule has 2 rings (SSSR count). The zero-order valence-electron chi connectivity index (χ0n) is 16.0. The zero-order chi connectivity index (χ0) is 18.8. The van der Waals surface area contributed by atoms with E-state index in [0.29, 0.717) is 32.0 Å². The summed E-state index contributed by atoms with van der Waals surface area (Å²) in [4.78, 5) is 26.4. The molecule has 1 aliphatic rings. The molecular formula is C21H31NO4. The third kappa shape index (κ3) is 6.70. The lowest BCUT2D eigenvalue weighted by molar-refractivity contribution is -0.144. The summed E-state index contributed by atoms with van der Waals surface area (Å²) in [6.07, 6.45) is 6.82. The van der Waals surface area contributed by atoms with Gasteiger partial charge in [-0.05, 0) is 43.4 Å². The van der Waals surface area contributed by atoms with Crippen LogP contribution in [0.3, 0.4) is 0 Å². The standard InChI is InChI=1S/C21H31NO4/c1-3-26-21(24)13-14-22(16-18-9-11-19(25-2)12-10-18)20(23)15-17-7-5-4-6-8-17/h9-12,17H,3-8,13-16H2,1-2H3. The van der Waals surface area contributed by atoms with Crippen LogP contribution < -0.4 is 4.74 Å². The number of amides is 1. The summed E-state index contributed by atoms with van der Waals surface area (Å²) in [6, 6.07) is 7.71. The van der Waals surface area contributed by atoms with Crippen molar-refractivity contribution in [3.8, 4) is 5.75 Å². The maximum absolute atomic E-state index is 12.9. The van der Waals surface area contributed by atoms with Gasteiger partial charge in [0.05, 0.1) is 20.1 Å². The van der Waals surface area contributed by atoms with Crippen molar-refractivity contribution < 1.29 is 19.1 Å². The second-order valence-electron chi connectivity index (χ2n) is 6.93. The normalized spacial score (nSPS) is 14.7. The molecule has 0 bridgehead atoms. The number of carbonyl (C=O) groups is 2. The van der Waals surface area contributed by atoms with Crippen LogP contribution in [0, 0.1) is 5.92 Å². The fourth-order valence-corrected chi connectivity index (χ4v) is 3.47. The Hall–Kier alpha value is -2.04. The summed E-state index contributed by atoms with van der Waals surface area (Å²) in [7, 11) is 1.63. The first-order valence-electron chi connectivity index (χ1n) is 9.68. The highest BCUT2D eigenvalue weighted by molar-refractivity contribution is 5.77. The van der Waals surface area contributed by atoms with Crippen LogP contribution >= 0.6 is 0 Å². The van der Waals surface area contributed by atoms with Gasteiger partial charge in [-0.15, -0.1) is 0 Å². The lowest BCUT2D eigenvalue weighted by Gasteiger charge is -2.27. The van der Waals surface area contributed by atoms with Crippen LogP contribution in [0.5, 0.6) is 5.75 Å². The van der Waals surface area contributed by atoms with Crippen molar-refractivity contribution in [2.24, 2.45) is 5.92 Å². The van der Waals surface area contributed by atoms with Crippen LogP contribution in [0.4, 0.5) is 0 Å². The zero-order valence-corrected chi connectivity index (χ0v) is 16.0. The van der Waals surface area contributed by atoms with E-state index in [-0.39, 0.29) is 18.3 Å². The highest BCUT2D eigenvalue weighted by atomic mass is 16.5. The summed E-state index contributed by atoms with van der Waals surface area (Å²) in [6.45, 7) is 3.07. The van der Waals surface area contributed by atoms with Gasteiger partial charge in [0.25, 0.3) is 0 Å². The summed E-state index contributed by atoms with van der Waals surface area (Å²) in [5.41, 5.74) is 1.03. The number of carbonyl (C=O) groups excluding carboxylic acids is 2. The lowest BCUT2D eigenvalue weighted by Crippen LogP contribution is -2.34. The molecule has 1 amide bonds. The van der Waals surface area contributed by atoms with Crippen molar-refractivity contribution in [3.63, 3.8) is 0 Å². The van der Waals surface area contributed by atoms with Gasteiger partial charge >= 0.3 is 5.97 Å². The number of nitrogens with zero attached hydrogens (tertiary/aromatic N) is 1. The molecular weight excluding hydrogens is 330 g/mol. The maximum Gasteiger partial charge on any atom is 0.307 e. The first kappa shape index (κ1) is 20.3. The fourth-order valence-electron chi connectivity index (χ4n) is 3.47. The number of benzene rings is 1. The van der Waals surface area contributed by atoms with E-state index in [1.54, 1.807) is 18.9 Å². The van der Waals surface area contributed by atoms with Gasteiger partial charge in [-0.2, -0.15) is 0 Å². The smallest absolute Gasteiger partial charge is 0.307 e. The van der Waals surface area contributed by atoms with Gasteiger partial charge in [-0.25, -0.2) is 0 Å². The van der Waals surface area contributed by atoms with E-state index in [1.807, 2.05) is 24.3 Å². The van der Waals surface area contributed by atoms with Gasteiger partial charge in [-0.1, -0.05) is 31.4 Å². The molecule has 1 aromatic carbocycles. The average molecular weight is 361 g/mol. The second kappa shape index (κ2) is 10.8. The molecule has 1 fully saturated rings. The molecule has 0 N–H and O–H groups in total. The molecule has 0 aliphatic heterocycles. The maximum atomic E-state index is 12.9. The van der Waals surface area contributed by atoms with Crippen LogP contribution in [0.15, 0.2) is 24.3 Å². The van der Waals surface area contributed by atoms with Gasteiger partial charge in [-0.3, -0.25) is 9.59 Å². The Morgan fingerprint density at radius 3 is 2.42 bits per heavy atom. The van der Waals surface area contributed by atoms with Gasteiger partial charge < -0.3 is 14.4 Å². The average Bonchev–Trinajstić information content (AvgIpc) is 2.66. The number of ether oxygens (including phenoxy) is 2. The predicted octanol–water partition coefficient (Wildman–Crippen LogP) is 3.95. The number of hydrogen-bond acceptors (Lipinski definition) is 4. The molecule has 0 aromatic heterocycles. The number of hydrogen-bond donors (Lipinski definition) is 0. The van der Waals surface area contributed by atoms with Gasteiger partial charge in [0, 0.05) is 19.5 Å². The predicted molar refractivity (Wildman–Crippen MR) is 101 cm³/mol. The van der Waals surface area contributed by atoms with Crippen molar-refractivity contribution in [1.82, 2.24) is 4.90 Å². The van der Waals surface area contributed by atoms with E-state index in [2.05, 4.69) is 0 Å². The van der Waals surface area contributed by atoms with Crippen LogP contribution in [-0.2, 0) is 20.9 Å². The first-order chi connectivity index (χ1) is 12.6. The molecule has 1 aliphatic carbocycles. The molecule has 0 heterocycles. The second-order valence-corrected chi connectivity index (χ2v) is 6.93. The molecule has 1 aromatic rings. The monoisotopic (exact) mass is 361 g/mol. The van der Waals surface area contributed by atoms with E-state index in [4.69, 9.17) is 9.47 Å². The molecule has 5 nitrogen and oxygen atoms in total. The quantitative estimate of drug-likeness (QED) is 0.625. The minimum absolute atomic E-state index is 0.136. The Morgan fingerprint density at radius 1 is 1.12 bits per heavy atom. The van der Waals surface area contributed by atoms with Crippen molar-refractivity contribution in [2.45, 2.75) is 58.4 Å². The Morgan fingerprint density at radius 2 is 1.81 bits per heavy atom. The molecule has 1 saturated carbocycles. The van der Waals surface area contributed by atoms with Crippen LogP contribution in [0.2, 0.25) is 0 Å². The van der Waals surface area contributed by atoms with Gasteiger partial charge in [0.2, 0.25) is 5.91 Å². The van der Waals surface area contributed by atoms with Crippen molar-refractivity contribution in [1.29, 1.82) is 0 Å². The van der Waals surface area contributed by atoms with Crippen molar-refractivity contribution in [2.75, 3.05) is 20.3 Å². The first-order valence-corrected chi connectivity index (χ1v) is 9.68. The third-order valence-electron chi connectivity index (χ3n) is 4.96. The Bertz CT molecular complexity index is 564. The molecule has 0 saturated heterocycles. The number of esters is 1. The van der Waals surface area contributed by atoms with Gasteiger partial charge in [0.1, 0.15) is 5.75 Å². The summed E-state index contributed by atoms with van der Waals surface area (Å²) in [5.74, 6) is 1.16. The molecule has 26 heavy (non-hydrogen) atoms. The summed E-state index contributed by atoms with van der Waals surface area (Å²) in [5, 5.41) is 0. The van der Waals surface area contributed by atoms with Crippen molar-refractivity contribution >= 4 is 11.9 Å². The third-order valence-corrected chi connectivity index (χ3v) is 4.96. The molecule has 0 unspecified atom stereocenters. The highest BCUT2D eigenvalue weighted by Gasteiger charge is 2.22. The van der Waals surface area contributed by atoms with E-state index in [0.717, 1.165) is 24.2 Å². The topological polar surface area (TPSA) is 55.8 Å². The van der Waals surface area contributed by atoms with E-state index < -0.39 is 0 Å². The highest BCUT2D eigenvalue weighted by Crippen LogP contribution is 2.27. The van der Waals surface area contributed by atoms with Crippen LogP contribution in [0.1, 0.15) is 57.4 Å². The number of rotatable bonds is 9. The molecule has 144 valence electrons. The minimum atomic E-state index is -0.252. The van der Waals surface area contributed by atoms with E-state index >= 15 is 0 Å². The fraction of sp³-hybridized carbons (Fsp3) is 0.619. The van der Waals surface area contributed by atoms with Gasteiger partial charge in [0.15, 0.2) is 0 Å². The molecule has 5 heteroatoms. The Kier molecular flexibility index (Phi) is 8.45. The van der Waals surface area contributed by atoms with E-state index in [1.165, 1.54) is 19.3 Å². The van der Waals surface area contributed by atoms with Crippen molar-refractivity contribution in [3.05, 3.63) is 29.8 Å². The lowest BCUT2D eigenvalue weighted by atomic mass is 9.86. The Labute approximate surface area is 156 Å². The summed E-state index contributed by atoms with van der Waals surface area (Å²) < 4.78 is 10.2. The minimum Gasteiger partial charge on any atom is -0.497 e. The van der Waals surface area contributed by atoms with Crippen LogP contribution in [0.25, 0.3) is 0 Å². The van der Waals surface area contributed by atoms with E-state index in [9.17, 15) is 9.59 Å². The number of methoxy groups -OCH3 is 1. The molecule has 0 atom stereocenters. The largest absolute Gasteiger partial charge is 0.497 e. The summed E-state index contributed by atoms with van der Waals surface area (Å²) >= 11 is 0. The molecule has 0 radical (unpaired) electrons. The van der Waals surface area contributed by atoms with Crippen LogP contribution in [-0.4, -0.2) is 37.0 Å². The molecule has 0 spiro atoms.